The first-order chi connectivity index (χ1) is 9.71. The number of esters is 1. The minimum absolute atomic E-state index is 0.148. The topological polar surface area (TPSA) is 48.4 Å². The fourth-order valence-electron chi connectivity index (χ4n) is 1.15. The molecule has 0 aliphatic rings. The van der Waals surface area contributed by atoms with Gasteiger partial charge >= 0.3 is 5.97 Å². The Morgan fingerprint density at radius 2 is 1.45 bits per heavy atom. The highest BCUT2D eigenvalue weighted by Gasteiger charge is 2.27. The van der Waals surface area contributed by atoms with E-state index < -0.39 is 5.41 Å². The van der Waals surface area contributed by atoms with Gasteiger partial charge in [0.05, 0.1) is 5.41 Å². The lowest BCUT2D eigenvalue weighted by molar-refractivity contribution is -0.164. The Kier molecular flexibility index (Phi) is 7.07. The van der Waals surface area contributed by atoms with Crippen LogP contribution in [-0.4, -0.2) is 22.2 Å². The van der Waals surface area contributed by atoms with Crippen LogP contribution in [0.15, 0.2) is 24.4 Å². The zero-order valence-electron chi connectivity index (χ0n) is 15.5. The van der Waals surface area contributed by atoms with E-state index in [4.69, 9.17) is 9.47 Å². The molecule has 4 nitrogen and oxygen atoms in total. The fraction of sp³-hybridized carbons (Fsp3) is 0.667. The van der Waals surface area contributed by atoms with E-state index in [0.717, 1.165) is 0 Å². The highest BCUT2D eigenvalue weighted by Crippen LogP contribution is 2.19. The quantitative estimate of drug-likeness (QED) is 0.709. The number of hydrogen-bond acceptors (Lipinski definition) is 4. The van der Waals surface area contributed by atoms with Gasteiger partial charge in [-0.3, -0.25) is 4.79 Å². The van der Waals surface area contributed by atoms with Crippen LogP contribution < -0.4 is 4.74 Å². The highest BCUT2D eigenvalue weighted by molar-refractivity contribution is 5.75. The van der Waals surface area contributed by atoms with Gasteiger partial charge in [0.15, 0.2) is 0 Å². The van der Waals surface area contributed by atoms with Gasteiger partial charge in [-0.1, -0.05) is 6.07 Å². The van der Waals surface area contributed by atoms with Crippen LogP contribution in [0.3, 0.4) is 0 Å². The third-order valence-corrected chi connectivity index (χ3v) is 2.06. The van der Waals surface area contributed by atoms with E-state index in [1.807, 2.05) is 80.5 Å². The molecule has 0 N–H and O–H groups in total. The molecule has 1 aromatic heterocycles. The molecule has 0 aliphatic heterocycles. The van der Waals surface area contributed by atoms with Crippen LogP contribution >= 0.6 is 0 Å². The maximum atomic E-state index is 11.3. The minimum atomic E-state index is -0.396. The van der Waals surface area contributed by atoms with Gasteiger partial charge in [0.25, 0.3) is 0 Å². The molecule has 0 amide bonds. The first kappa shape index (κ1) is 20.4. The summed E-state index contributed by atoms with van der Waals surface area (Å²) in [4.78, 5) is 15.3. The number of carbonyl (C=O) groups is 1. The van der Waals surface area contributed by atoms with Crippen molar-refractivity contribution in [2.45, 2.75) is 73.5 Å². The molecule has 0 atom stereocenters. The van der Waals surface area contributed by atoms with E-state index in [1.165, 1.54) is 0 Å². The van der Waals surface area contributed by atoms with Crippen LogP contribution in [0.5, 0.6) is 5.88 Å². The second-order valence-corrected chi connectivity index (χ2v) is 8.13. The summed E-state index contributed by atoms with van der Waals surface area (Å²) in [7, 11) is 0. The summed E-state index contributed by atoms with van der Waals surface area (Å²) in [5.41, 5.74) is -0.925. The van der Waals surface area contributed by atoms with Gasteiger partial charge in [-0.25, -0.2) is 4.98 Å². The third kappa shape index (κ3) is 11.1. The number of carbonyl (C=O) groups excluding carboxylic acids is 1. The van der Waals surface area contributed by atoms with Crippen LogP contribution in [0.2, 0.25) is 0 Å². The second-order valence-electron chi connectivity index (χ2n) is 8.13. The Morgan fingerprint density at radius 3 is 1.73 bits per heavy atom. The first-order valence-electron chi connectivity index (χ1n) is 7.54. The summed E-state index contributed by atoms with van der Waals surface area (Å²) < 4.78 is 10.7. The van der Waals surface area contributed by atoms with Gasteiger partial charge in [-0.15, -0.1) is 0 Å². The molecule has 0 aliphatic carbocycles. The molecule has 22 heavy (non-hydrogen) atoms. The Balaban J connectivity index is 0.000000401. The standard InChI is InChI=1S/C9H13NO.C9H18O2/c1-9(2,3)11-8-6-4-5-7-10-8;1-8(2,3)7(10)11-9(4,5)6/h4-7H,1-3H3;1-6H3. The lowest BCUT2D eigenvalue weighted by atomic mass is 9.97. The number of aromatic nitrogens is 1. The molecule has 126 valence electrons. The summed E-state index contributed by atoms with van der Waals surface area (Å²) in [5.74, 6) is 0.532. The van der Waals surface area contributed by atoms with Crippen molar-refractivity contribution in [1.29, 1.82) is 0 Å². The maximum absolute atomic E-state index is 11.3. The van der Waals surface area contributed by atoms with Gasteiger partial charge in [0, 0.05) is 12.3 Å². The van der Waals surface area contributed by atoms with Crippen molar-refractivity contribution in [3.05, 3.63) is 24.4 Å². The molecular formula is C18H31NO3. The number of rotatable bonds is 1. The molecule has 0 fully saturated rings. The van der Waals surface area contributed by atoms with Crippen LogP contribution in [0, 0.1) is 5.41 Å². The summed E-state index contributed by atoms with van der Waals surface area (Å²) >= 11 is 0. The molecule has 4 heteroatoms. The minimum Gasteiger partial charge on any atom is -0.472 e. The Labute approximate surface area is 135 Å². The molecule has 0 saturated heterocycles. The van der Waals surface area contributed by atoms with Crippen molar-refractivity contribution in [1.82, 2.24) is 4.98 Å². The van der Waals surface area contributed by atoms with Gasteiger partial charge in [0.1, 0.15) is 11.2 Å². The zero-order chi connectivity index (χ0) is 17.6. The van der Waals surface area contributed by atoms with Gasteiger partial charge < -0.3 is 9.47 Å². The maximum Gasteiger partial charge on any atom is 0.311 e. The summed E-state index contributed by atoms with van der Waals surface area (Å²) in [6.07, 6.45) is 1.72. The average molecular weight is 309 g/mol. The molecule has 1 rings (SSSR count). The molecule has 0 saturated carbocycles. The van der Waals surface area contributed by atoms with E-state index in [9.17, 15) is 4.79 Å². The second kappa shape index (κ2) is 7.61. The monoisotopic (exact) mass is 309 g/mol. The van der Waals surface area contributed by atoms with Crippen LogP contribution in [0.25, 0.3) is 0 Å². The molecule has 0 spiro atoms. The number of pyridine rings is 1. The Bertz CT molecular complexity index is 448. The molecule has 0 aromatic carbocycles. The largest absolute Gasteiger partial charge is 0.472 e. The fourth-order valence-corrected chi connectivity index (χ4v) is 1.15. The van der Waals surface area contributed by atoms with Crippen LogP contribution in [0.4, 0.5) is 0 Å². The zero-order valence-corrected chi connectivity index (χ0v) is 15.5. The van der Waals surface area contributed by atoms with Crippen molar-refractivity contribution in [3.63, 3.8) is 0 Å². The summed E-state index contributed by atoms with van der Waals surface area (Å²) in [6.45, 7) is 17.2. The number of hydrogen-bond donors (Lipinski definition) is 0. The van der Waals surface area contributed by atoms with Crippen molar-refractivity contribution in [3.8, 4) is 5.88 Å². The first-order valence-corrected chi connectivity index (χ1v) is 7.54. The molecule has 0 unspecified atom stereocenters. The molecule has 0 bridgehead atoms. The van der Waals surface area contributed by atoms with Gasteiger partial charge in [-0.05, 0) is 68.4 Å². The molecule has 1 aromatic rings. The van der Waals surface area contributed by atoms with E-state index >= 15 is 0 Å². The number of ether oxygens (including phenoxy) is 2. The molecular weight excluding hydrogens is 278 g/mol. The van der Waals surface area contributed by atoms with Crippen molar-refractivity contribution < 1.29 is 14.3 Å². The van der Waals surface area contributed by atoms with E-state index in [1.54, 1.807) is 6.20 Å². The summed E-state index contributed by atoms with van der Waals surface area (Å²) in [6, 6.07) is 5.63. The predicted molar refractivity (Wildman–Crippen MR) is 89.9 cm³/mol. The average Bonchev–Trinajstić information content (AvgIpc) is 2.25. The predicted octanol–water partition coefficient (Wildman–Crippen LogP) is 4.63. The number of nitrogens with zero attached hydrogens (tertiary/aromatic N) is 1. The van der Waals surface area contributed by atoms with Crippen molar-refractivity contribution >= 4 is 5.97 Å². The normalized spacial score (nSPS) is 12.0. The van der Waals surface area contributed by atoms with Gasteiger partial charge in [0.2, 0.25) is 5.88 Å². The lowest BCUT2D eigenvalue weighted by Crippen LogP contribution is -2.31. The smallest absolute Gasteiger partial charge is 0.311 e. The SMILES string of the molecule is CC(C)(C)OC(=O)C(C)(C)C.CC(C)(C)Oc1ccccn1. The van der Waals surface area contributed by atoms with E-state index in [2.05, 4.69) is 4.98 Å². The molecule has 0 radical (unpaired) electrons. The van der Waals surface area contributed by atoms with Crippen LogP contribution in [0.1, 0.15) is 62.3 Å². The van der Waals surface area contributed by atoms with Crippen LogP contribution in [-0.2, 0) is 9.53 Å². The van der Waals surface area contributed by atoms with E-state index in [0.29, 0.717) is 5.88 Å². The third-order valence-electron chi connectivity index (χ3n) is 2.06. The molecule has 1 heterocycles. The Morgan fingerprint density at radius 1 is 0.909 bits per heavy atom. The van der Waals surface area contributed by atoms with Crippen molar-refractivity contribution in [2.75, 3.05) is 0 Å². The van der Waals surface area contributed by atoms with Crippen molar-refractivity contribution in [2.24, 2.45) is 5.41 Å². The Hall–Kier alpha value is -1.58. The highest BCUT2D eigenvalue weighted by atomic mass is 16.6. The summed E-state index contributed by atoms with van der Waals surface area (Å²) in [5, 5.41) is 0. The van der Waals surface area contributed by atoms with Gasteiger partial charge in [-0.2, -0.15) is 0 Å². The van der Waals surface area contributed by atoms with E-state index in [-0.39, 0.29) is 17.2 Å². The lowest BCUT2D eigenvalue weighted by Gasteiger charge is -2.25.